The van der Waals surface area contributed by atoms with E-state index in [0.717, 1.165) is 9.75 Å². The van der Waals surface area contributed by atoms with Gasteiger partial charge in [-0.15, -0.1) is 11.3 Å². The Labute approximate surface area is 166 Å². The first kappa shape index (κ1) is 19.5. The lowest BCUT2D eigenvalue weighted by atomic mass is 10.2. The molecule has 0 unspecified atom stereocenters. The number of halogens is 1. The fourth-order valence-corrected chi connectivity index (χ4v) is 3.48. The first-order valence-electron chi connectivity index (χ1n) is 8.59. The third-order valence-electron chi connectivity index (χ3n) is 3.97. The van der Waals surface area contributed by atoms with Crippen LogP contribution in [0.5, 0.6) is 0 Å². The smallest absolute Gasteiger partial charge is 0.253 e. The van der Waals surface area contributed by atoms with E-state index >= 15 is 0 Å². The van der Waals surface area contributed by atoms with E-state index in [1.165, 1.54) is 28.4 Å². The molecule has 6 heteroatoms. The summed E-state index contributed by atoms with van der Waals surface area (Å²) >= 11 is 1.41. The number of rotatable bonds is 5. The van der Waals surface area contributed by atoms with E-state index < -0.39 is 0 Å². The number of benzene rings is 2. The van der Waals surface area contributed by atoms with Crippen LogP contribution in [0.25, 0.3) is 16.5 Å². The van der Waals surface area contributed by atoms with Crippen molar-refractivity contribution in [2.45, 2.75) is 0 Å². The van der Waals surface area contributed by atoms with Gasteiger partial charge in [0.1, 0.15) is 5.82 Å². The van der Waals surface area contributed by atoms with Gasteiger partial charge in [-0.3, -0.25) is 9.59 Å². The van der Waals surface area contributed by atoms with Crippen LogP contribution in [-0.4, -0.2) is 30.8 Å². The summed E-state index contributed by atoms with van der Waals surface area (Å²) in [6.45, 7) is 0. The summed E-state index contributed by atoms with van der Waals surface area (Å²) in [7, 11) is 3.37. The number of thiophene rings is 1. The Morgan fingerprint density at radius 1 is 1.00 bits per heavy atom. The number of hydrogen-bond acceptors (Lipinski definition) is 3. The molecule has 1 aromatic heterocycles. The zero-order valence-electron chi connectivity index (χ0n) is 15.5. The van der Waals surface area contributed by atoms with Gasteiger partial charge in [0, 0.05) is 46.7 Å². The second-order valence-electron chi connectivity index (χ2n) is 6.28. The summed E-state index contributed by atoms with van der Waals surface area (Å²) in [4.78, 5) is 27.1. The van der Waals surface area contributed by atoms with Crippen molar-refractivity contribution in [1.29, 1.82) is 0 Å². The molecule has 0 spiro atoms. The van der Waals surface area contributed by atoms with Gasteiger partial charge in [-0.05, 0) is 48.5 Å². The molecule has 0 aliphatic rings. The first-order chi connectivity index (χ1) is 13.4. The van der Waals surface area contributed by atoms with Crippen molar-refractivity contribution < 1.29 is 14.0 Å². The molecule has 0 saturated carbocycles. The fourth-order valence-electron chi connectivity index (χ4n) is 2.54. The highest BCUT2D eigenvalue weighted by atomic mass is 32.1. The number of carbonyl (C=O) groups is 2. The molecule has 0 radical (unpaired) electrons. The Kier molecular flexibility index (Phi) is 6.01. The quantitative estimate of drug-likeness (QED) is 0.625. The normalized spacial score (nSPS) is 10.8. The predicted molar refractivity (Wildman–Crippen MR) is 112 cm³/mol. The SMILES string of the molecule is CN(C)C(=O)c1ccc(NC(=O)C=Cc2ccc(-c3ccccc3F)s2)cc1. The van der Waals surface area contributed by atoms with E-state index in [1.807, 2.05) is 12.1 Å². The predicted octanol–water partition coefficient (Wildman–Crippen LogP) is 4.91. The topological polar surface area (TPSA) is 49.4 Å². The molecular formula is C22H19FN2O2S. The standard InChI is InChI=1S/C22H19FN2O2S/c1-25(2)22(27)15-7-9-16(10-8-15)24-21(26)14-12-17-11-13-20(28-17)18-5-3-4-6-19(18)23/h3-14H,1-2H3,(H,24,26). The van der Waals surface area contributed by atoms with Crippen molar-refractivity contribution in [3.05, 3.63) is 83.0 Å². The minimum absolute atomic E-state index is 0.0962. The Morgan fingerprint density at radius 2 is 1.71 bits per heavy atom. The second kappa shape index (κ2) is 8.63. The minimum atomic E-state index is -0.285. The van der Waals surface area contributed by atoms with Gasteiger partial charge in [0.25, 0.3) is 5.91 Å². The monoisotopic (exact) mass is 394 g/mol. The van der Waals surface area contributed by atoms with Crippen molar-refractivity contribution in [3.63, 3.8) is 0 Å². The number of amides is 2. The van der Waals surface area contributed by atoms with Crippen LogP contribution in [0.15, 0.2) is 66.7 Å². The van der Waals surface area contributed by atoms with Crippen LogP contribution >= 0.6 is 11.3 Å². The lowest BCUT2D eigenvalue weighted by Crippen LogP contribution is -2.21. The minimum Gasteiger partial charge on any atom is -0.345 e. The van der Waals surface area contributed by atoms with E-state index in [0.29, 0.717) is 16.8 Å². The van der Waals surface area contributed by atoms with E-state index in [1.54, 1.807) is 62.6 Å². The first-order valence-corrected chi connectivity index (χ1v) is 9.41. The Hall–Kier alpha value is -3.25. The van der Waals surface area contributed by atoms with Crippen LogP contribution in [0, 0.1) is 5.82 Å². The maximum absolute atomic E-state index is 13.9. The fraction of sp³-hybridized carbons (Fsp3) is 0.0909. The summed E-state index contributed by atoms with van der Waals surface area (Å²) < 4.78 is 13.9. The van der Waals surface area contributed by atoms with E-state index in [4.69, 9.17) is 0 Å². The highest BCUT2D eigenvalue weighted by Crippen LogP contribution is 2.30. The molecule has 1 heterocycles. The number of nitrogens with one attached hydrogen (secondary N) is 1. The molecule has 142 valence electrons. The van der Waals surface area contributed by atoms with Crippen LogP contribution < -0.4 is 5.32 Å². The number of carbonyl (C=O) groups excluding carboxylic acids is 2. The highest BCUT2D eigenvalue weighted by Gasteiger charge is 2.08. The largest absolute Gasteiger partial charge is 0.345 e. The van der Waals surface area contributed by atoms with Gasteiger partial charge in [-0.2, -0.15) is 0 Å². The van der Waals surface area contributed by atoms with Crippen LogP contribution in [0.1, 0.15) is 15.2 Å². The van der Waals surface area contributed by atoms with Gasteiger partial charge in [0.2, 0.25) is 5.91 Å². The maximum atomic E-state index is 13.9. The van der Waals surface area contributed by atoms with E-state index in [9.17, 15) is 14.0 Å². The molecule has 3 rings (SSSR count). The second-order valence-corrected chi connectivity index (χ2v) is 7.40. The third-order valence-corrected chi connectivity index (χ3v) is 5.05. The molecule has 0 saturated heterocycles. The van der Waals surface area contributed by atoms with Crippen molar-refractivity contribution in [2.75, 3.05) is 19.4 Å². The van der Waals surface area contributed by atoms with Crippen LogP contribution in [0.4, 0.5) is 10.1 Å². The zero-order valence-corrected chi connectivity index (χ0v) is 16.3. The number of hydrogen-bond donors (Lipinski definition) is 1. The van der Waals surface area contributed by atoms with Gasteiger partial charge in [-0.1, -0.05) is 18.2 Å². The van der Waals surface area contributed by atoms with Gasteiger partial charge < -0.3 is 10.2 Å². The molecule has 0 aliphatic heterocycles. The van der Waals surface area contributed by atoms with Crippen molar-refractivity contribution in [2.24, 2.45) is 0 Å². The summed E-state index contributed by atoms with van der Waals surface area (Å²) in [5.74, 6) is -0.650. The van der Waals surface area contributed by atoms with Gasteiger partial charge in [-0.25, -0.2) is 4.39 Å². The van der Waals surface area contributed by atoms with E-state index in [2.05, 4.69) is 5.32 Å². The summed E-state index contributed by atoms with van der Waals surface area (Å²) in [5, 5.41) is 2.75. The van der Waals surface area contributed by atoms with Crippen LogP contribution in [-0.2, 0) is 4.79 Å². The Morgan fingerprint density at radius 3 is 2.39 bits per heavy atom. The van der Waals surface area contributed by atoms with Crippen molar-refractivity contribution in [1.82, 2.24) is 4.90 Å². The summed E-state index contributed by atoms with van der Waals surface area (Å²) in [6, 6.07) is 17.0. The van der Waals surface area contributed by atoms with Gasteiger partial charge in [0.05, 0.1) is 0 Å². The molecule has 28 heavy (non-hydrogen) atoms. The summed E-state index contributed by atoms with van der Waals surface area (Å²) in [5.41, 5.74) is 1.70. The van der Waals surface area contributed by atoms with Crippen molar-refractivity contribution in [3.8, 4) is 10.4 Å². The van der Waals surface area contributed by atoms with Gasteiger partial charge >= 0.3 is 0 Å². The van der Waals surface area contributed by atoms with Gasteiger partial charge in [0.15, 0.2) is 0 Å². The molecule has 0 aliphatic carbocycles. The van der Waals surface area contributed by atoms with Crippen LogP contribution in [0.3, 0.4) is 0 Å². The molecule has 0 fully saturated rings. The summed E-state index contributed by atoms with van der Waals surface area (Å²) in [6.07, 6.45) is 3.12. The zero-order chi connectivity index (χ0) is 20.1. The molecule has 0 atom stereocenters. The number of anilines is 1. The molecule has 3 aromatic rings. The molecular weight excluding hydrogens is 375 g/mol. The Balaban J connectivity index is 1.63. The lowest BCUT2D eigenvalue weighted by Gasteiger charge is -2.10. The highest BCUT2D eigenvalue weighted by molar-refractivity contribution is 7.16. The third kappa shape index (κ3) is 4.72. The molecule has 2 aromatic carbocycles. The Bertz CT molecular complexity index is 1020. The maximum Gasteiger partial charge on any atom is 0.253 e. The average Bonchev–Trinajstić information content (AvgIpc) is 3.15. The molecule has 4 nitrogen and oxygen atoms in total. The average molecular weight is 394 g/mol. The number of nitrogens with zero attached hydrogens (tertiary/aromatic N) is 1. The van der Waals surface area contributed by atoms with Crippen molar-refractivity contribution >= 4 is 34.9 Å². The molecule has 1 N–H and O–H groups in total. The molecule has 2 amide bonds. The van der Waals surface area contributed by atoms with Crippen LogP contribution in [0.2, 0.25) is 0 Å². The van der Waals surface area contributed by atoms with E-state index in [-0.39, 0.29) is 17.6 Å². The lowest BCUT2D eigenvalue weighted by molar-refractivity contribution is -0.111. The molecule has 0 bridgehead atoms.